The van der Waals surface area contributed by atoms with Gasteiger partial charge in [0, 0.05) is 24.0 Å². The second-order valence-corrected chi connectivity index (χ2v) is 6.12. The molecule has 24 heavy (non-hydrogen) atoms. The molecule has 0 aliphatic carbocycles. The van der Waals surface area contributed by atoms with Crippen LogP contribution in [0.2, 0.25) is 0 Å². The molecule has 4 rings (SSSR count). The highest BCUT2D eigenvalue weighted by Crippen LogP contribution is 2.28. The van der Waals surface area contributed by atoms with Gasteiger partial charge in [0.25, 0.3) is 5.91 Å². The Morgan fingerprint density at radius 2 is 1.79 bits per heavy atom. The first kappa shape index (κ1) is 14.7. The van der Waals surface area contributed by atoms with Gasteiger partial charge in [0.15, 0.2) is 0 Å². The summed E-state index contributed by atoms with van der Waals surface area (Å²) >= 11 is 0. The molecule has 1 fully saturated rings. The molecule has 120 valence electrons. The molecule has 3 aromatic rings. The quantitative estimate of drug-likeness (QED) is 0.781. The normalized spacial score (nSPS) is 14.2. The number of nitrogens with zero attached hydrogens (tertiary/aromatic N) is 2. The number of carbonyl (C=O) groups excluding carboxylic acids is 1. The van der Waals surface area contributed by atoms with Crippen molar-refractivity contribution in [1.82, 2.24) is 9.88 Å². The Hall–Kier alpha value is -2.88. The van der Waals surface area contributed by atoms with Crippen molar-refractivity contribution in [2.75, 3.05) is 13.1 Å². The summed E-state index contributed by atoms with van der Waals surface area (Å²) in [5.41, 5.74) is 2.98. The zero-order valence-electron chi connectivity index (χ0n) is 13.3. The summed E-state index contributed by atoms with van der Waals surface area (Å²) in [4.78, 5) is 19.5. The zero-order chi connectivity index (χ0) is 16.5. The molecular weight excluding hydrogens is 300 g/mol. The fourth-order valence-electron chi connectivity index (χ4n) is 3.26. The van der Waals surface area contributed by atoms with E-state index in [1.807, 2.05) is 41.3 Å². The molecule has 1 aliphatic heterocycles. The lowest BCUT2D eigenvalue weighted by molar-refractivity contribution is 0.0794. The maximum absolute atomic E-state index is 13.0. The number of phenolic OH excluding ortho intramolecular Hbond substituents is 1. The van der Waals surface area contributed by atoms with Crippen molar-refractivity contribution >= 4 is 16.8 Å². The number of rotatable bonds is 2. The van der Waals surface area contributed by atoms with E-state index in [1.54, 1.807) is 18.2 Å². The number of para-hydroxylation sites is 1. The number of phenols is 1. The minimum atomic E-state index is 0.0625. The molecule has 4 heteroatoms. The Bertz CT molecular complexity index is 914. The lowest BCUT2D eigenvalue weighted by Crippen LogP contribution is -2.27. The van der Waals surface area contributed by atoms with E-state index in [0.29, 0.717) is 11.3 Å². The number of aromatic hydroxyl groups is 1. The van der Waals surface area contributed by atoms with Gasteiger partial charge in [-0.3, -0.25) is 4.79 Å². The molecule has 2 heterocycles. The molecule has 1 aromatic heterocycles. The third-order valence-corrected chi connectivity index (χ3v) is 4.48. The lowest BCUT2D eigenvalue weighted by Gasteiger charge is -2.17. The van der Waals surface area contributed by atoms with Gasteiger partial charge in [-0.25, -0.2) is 4.98 Å². The van der Waals surface area contributed by atoms with Gasteiger partial charge < -0.3 is 10.0 Å². The minimum Gasteiger partial charge on any atom is -0.508 e. The van der Waals surface area contributed by atoms with Gasteiger partial charge in [0.1, 0.15) is 5.75 Å². The first-order valence-electron chi connectivity index (χ1n) is 8.21. The second kappa shape index (κ2) is 5.96. The number of hydrogen-bond acceptors (Lipinski definition) is 3. The van der Waals surface area contributed by atoms with E-state index in [2.05, 4.69) is 4.98 Å². The molecule has 0 radical (unpaired) electrons. The van der Waals surface area contributed by atoms with Crippen molar-refractivity contribution in [2.24, 2.45) is 0 Å². The monoisotopic (exact) mass is 318 g/mol. The molecule has 0 atom stereocenters. The van der Waals surface area contributed by atoms with Crippen LogP contribution in [-0.2, 0) is 0 Å². The maximum atomic E-state index is 13.0. The predicted molar refractivity (Wildman–Crippen MR) is 94.0 cm³/mol. The van der Waals surface area contributed by atoms with E-state index in [9.17, 15) is 9.90 Å². The highest BCUT2D eigenvalue weighted by atomic mass is 16.3. The first-order chi connectivity index (χ1) is 11.7. The van der Waals surface area contributed by atoms with Crippen LogP contribution < -0.4 is 0 Å². The average Bonchev–Trinajstić information content (AvgIpc) is 3.15. The average molecular weight is 318 g/mol. The van der Waals surface area contributed by atoms with Crippen LogP contribution in [0.25, 0.3) is 22.2 Å². The van der Waals surface area contributed by atoms with E-state index in [1.165, 1.54) is 0 Å². The number of fused-ring (bicyclic) bond motifs is 1. The van der Waals surface area contributed by atoms with Crippen LogP contribution in [0.1, 0.15) is 23.2 Å². The van der Waals surface area contributed by atoms with Crippen LogP contribution in [-0.4, -0.2) is 34.0 Å². The van der Waals surface area contributed by atoms with Crippen LogP contribution >= 0.6 is 0 Å². The number of aromatic nitrogens is 1. The summed E-state index contributed by atoms with van der Waals surface area (Å²) in [5, 5.41) is 10.6. The summed E-state index contributed by atoms with van der Waals surface area (Å²) in [6.45, 7) is 1.63. The van der Waals surface area contributed by atoms with Crippen molar-refractivity contribution in [1.29, 1.82) is 0 Å². The summed E-state index contributed by atoms with van der Waals surface area (Å²) in [6.07, 6.45) is 2.13. The number of carbonyl (C=O) groups is 1. The molecule has 0 unspecified atom stereocenters. The standard InChI is InChI=1S/C20H18N2O2/c23-15-7-5-6-14(12-15)19-13-17(20(24)22-10-3-4-11-22)16-8-1-2-9-18(16)21-19/h1-2,5-9,12-13,23H,3-4,10-11H2. The number of pyridine rings is 1. The van der Waals surface area contributed by atoms with Crippen molar-refractivity contribution in [3.63, 3.8) is 0 Å². The summed E-state index contributed by atoms with van der Waals surface area (Å²) in [7, 11) is 0. The highest BCUT2D eigenvalue weighted by Gasteiger charge is 2.22. The first-order valence-corrected chi connectivity index (χ1v) is 8.21. The highest BCUT2D eigenvalue weighted by molar-refractivity contribution is 6.07. The third-order valence-electron chi connectivity index (χ3n) is 4.48. The van der Waals surface area contributed by atoms with Crippen LogP contribution in [0.15, 0.2) is 54.6 Å². The number of amides is 1. The minimum absolute atomic E-state index is 0.0625. The summed E-state index contributed by atoms with van der Waals surface area (Å²) in [5.74, 6) is 0.252. The SMILES string of the molecule is O=C(c1cc(-c2cccc(O)c2)nc2ccccc12)N1CCCC1. The fourth-order valence-corrected chi connectivity index (χ4v) is 3.26. The topological polar surface area (TPSA) is 53.4 Å². The van der Waals surface area contributed by atoms with Crippen molar-refractivity contribution in [2.45, 2.75) is 12.8 Å². The Kier molecular flexibility index (Phi) is 3.65. The summed E-state index contributed by atoms with van der Waals surface area (Å²) < 4.78 is 0. The van der Waals surface area contributed by atoms with E-state index < -0.39 is 0 Å². The van der Waals surface area contributed by atoms with Gasteiger partial charge in [-0.15, -0.1) is 0 Å². The zero-order valence-corrected chi connectivity index (χ0v) is 13.3. The number of likely N-dealkylation sites (tertiary alicyclic amines) is 1. The molecule has 1 saturated heterocycles. The van der Waals surface area contributed by atoms with Gasteiger partial charge in [-0.1, -0.05) is 30.3 Å². The van der Waals surface area contributed by atoms with Crippen LogP contribution in [0.3, 0.4) is 0 Å². The molecule has 1 aliphatic rings. The van der Waals surface area contributed by atoms with Gasteiger partial charge >= 0.3 is 0 Å². The molecular formula is C20H18N2O2. The third kappa shape index (κ3) is 2.60. The van der Waals surface area contributed by atoms with Gasteiger partial charge in [0.05, 0.1) is 16.8 Å². The fraction of sp³-hybridized carbons (Fsp3) is 0.200. The van der Waals surface area contributed by atoms with Crippen molar-refractivity contribution in [3.8, 4) is 17.0 Å². The number of hydrogen-bond donors (Lipinski definition) is 1. The molecule has 2 aromatic carbocycles. The van der Waals surface area contributed by atoms with Gasteiger partial charge in [-0.05, 0) is 37.1 Å². The molecule has 0 saturated carbocycles. The molecule has 1 amide bonds. The molecule has 1 N–H and O–H groups in total. The largest absolute Gasteiger partial charge is 0.508 e. The van der Waals surface area contributed by atoms with Gasteiger partial charge in [0.2, 0.25) is 0 Å². The van der Waals surface area contributed by atoms with E-state index in [-0.39, 0.29) is 11.7 Å². The van der Waals surface area contributed by atoms with Crippen molar-refractivity contribution < 1.29 is 9.90 Å². The smallest absolute Gasteiger partial charge is 0.254 e. The van der Waals surface area contributed by atoms with Crippen molar-refractivity contribution in [3.05, 3.63) is 60.2 Å². The Labute approximate surface area is 140 Å². The number of benzene rings is 2. The lowest BCUT2D eigenvalue weighted by atomic mass is 10.0. The Balaban J connectivity index is 1.89. The summed E-state index contributed by atoms with van der Waals surface area (Å²) in [6, 6.07) is 16.5. The van der Waals surface area contributed by atoms with E-state index in [4.69, 9.17) is 0 Å². The second-order valence-electron chi connectivity index (χ2n) is 6.12. The molecule has 4 nitrogen and oxygen atoms in total. The molecule has 0 bridgehead atoms. The molecule has 0 spiro atoms. The van der Waals surface area contributed by atoms with Crippen LogP contribution in [0.4, 0.5) is 0 Å². The Morgan fingerprint density at radius 3 is 2.58 bits per heavy atom. The van der Waals surface area contributed by atoms with E-state index in [0.717, 1.165) is 42.4 Å². The van der Waals surface area contributed by atoms with E-state index >= 15 is 0 Å². The van der Waals surface area contributed by atoms with Crippen LogP contribution in [0, 0.1) is 0 Å². The van der Waals surface area contributed by atoms with Gasteiger partial charge in [-0.2, -0.15) is 0 Å². The van der Waals surface area contributed by atoms with Crippen LogP contribution in [0.5, 0.6) is 5.75 Å². The maximum Gasteiger partial charge on any atom is 0.254 e. The Morgan fingerprint density at radius 1 is 1.00 bits per heavy atom. The predicted octanol–water partition coefficient (Wildman–Crippen LogP) is 3.84.